The van der Waals surface area contributed by atoms with Gasteiger partial charge < -0.3 is 19.7 Å². The van der Waals surface area contributed by atoms with E-state index in [-0.39, 0.29) is 17.2 Å². The molecule has 3 aromatic rings. The molecule has 29 heavy (non-hydrogen) atoms. The van der Waals surface area contributed by atoms with Gasteiger partial charge in [0.15, 0.2) is 5.43 Å². The molecule has 1 aliphatic heterocycles. The number of benzene rings is 2. The van der Waals surface area contributed by atoms with Crippen LogP contribution in [0.5, 0.6) is 0 Å². The molecule has 1 saturated carbocycles. The Morgan fingerprint density at radius 2 is 1.90 bits per heavy atom. The van der Waals surface area contributed by atoms with E-state index in [1.807, 2.05) is 24.3 Å². The van der Waals surface area contributed by atoms with Gasteiger partial charge in [-0.15, -0.1) is 0 Å². The fourth-order valence-corrected chi connectivity index (χ4v) is 4.65. The van der Waals surface area contributed by atoms with E-state index in [9.17, 15) is 14.7 Å². The van der Waals surface area contributed by atoms with Crippen molar-refractivity contribution in [2.24, 2.45) is 0 Å². The summed E-state index contributed by atoms with van der Waals surface area (Å²) in [6, 6.07) is 12.8. The Morgan fingerprint density at radius 3 is 2.69 bits per heavy atom. The predicted molar refractivity (Wildman–Crippen MR) is 112 cm³/mol. The minimum Gasteiger partial charge on any atom is -0.478 e. The average molecular weight is 390 g/mol. The lowest BCUT2D eigenvalue weighted by molar-refractivity contribution is 0.0697. The second-order valence-electron chi connectivity index (χ2n) is 7.82. The number of carbonyl (C=O) groups is 1. The Hall–Kier alpha value is -3.28. The number of fused-ring (bicyclic) bond motifs is 2. The second kappa shape index (κ2) is 6.95. The first-order valence-electron chi connectivity index (χ1n) is 10.1. The third-order valence-electron chi connectivity index (χ3n) is 6.06. The van der Waals surface area contributed by atoms with Crippen LogP contribution in [0.1, 0.15) is 54.2 Å². The number of aromatic carboxylic acids is 1. The molecule has 1 aromatic heterocycles. The van der Waals surface area contributed by atoms with Gasteiger partial charge in [-0.25, -0.2) is 4.79 Å². The Bertz CT molecular complexity index is 1150. The highest BCUT2D eigenvalue weighted by Crippen LogP contribution is 2.45. The molecule has 0 saturated heterocycles. The number of nitrogens with one attached hydrogen (secondary N) is 1. The molecule has 1 atom stereocenters. The number of anilines is 2. The van der Waals surface area contributed by atoms with Crippen LogP contribution in [0.25, 0.3) is 11.0 Å². The SMILES string of the molecule is O=C(O)c1ccc2c(c1)NC(c1ccc3occc(=O)c3c1)N2C1CCCCC1. The number of rotatable bonds is 3. The van der Waals surface area contributed by atoms with E-state index in [0.717, 1.165) is 29.8 Å². The zero-order valence-corrected chi connectivity index (χ0v) is 15.9. The Morgan fingerprint density at radius 1 is 1.07 bits per heavy atom. The van der Waals surface area contributed by atoms with Gasteiger partial charge in [0.05, 0.1) is 28.6 Å². The molecule has 2 heterocycles. The summed E-state index contributed by atoms with van der Waals surface area (Å²) >= 11 is 0. The Balaban J connectivity index is 1.61. The summed E-state index contributed by atoms with van der Waals surface area (Å²) in [6.07, 6.45) is 7.11. The van der Waals surface area contributed by atoms with E-state index in [1.165, 1.54) is 31.6 Å². The Kier molecular flexibility index (Phi) is 4.27. The first-order valence-corrected chi connectivity index (χ1v) is 10.1. The fourth-order valence-electron chi connectivity index (χ4n) is 4.65. The lowest BCUT2D eigenvalue weighted by atomic mass is 9.93. The highest BCUT2D eigenvalue weighted by Gasteiger charge is 2.36. The maximum Gasteiger partial charge on any atom is 0.335 e. The van der Waals surface area contributed by atoms with Crippen molar-refractivity contribution in [1.82, 2.24) is 0 Å². The standard InChI is InChI=1S/C23H22N2O4/c26-20-10-11-29-21-9-7-14(12-17(20)21)22-24-18-13-15(23(27)28)6-8-19(18)25(22)16-4-2-1-3-5-16/h6-13,16,22,24H,1-5H2,(H,27,28). The van der Waals surface area contributed by atoms with Crippen LogP contribution in [0.2, 0.25) is 0 Å². The predicted octanol–water partition coefficient (Wildman–Crippen LogP) is 4.75. The van der Waals surface area contributed by atoms with Crippen molar-refractivity contribution >= 4 is 28.3 Å². The first-order chi connectivity index (χ1) is 14.1. The molecule has 0 spiro atoms. The van der Waals surface area contributed by atoms with Gasteiger partial charge in [0.2, 0.25) is 0 Å². The second-order valence-corrected chi connectivity index (χ2v) is 7.82. The van der Waals surface area contributed by atoms with Crippen LogP contribution in [0.4, 0.5) is 11.4 Å². The van der Waals surface area contributed by atoms with Gasteiger partial charge in [-0.05, 0) is 48.7 Å². The van der Waals surface area contributed by atoms with E-state index in [0.29, 0.717) is 17.0 Å². The lowest BCUT2D eigenvalue weighted by Gasteiger charge is -2.37. The quantitative estimate of drug-likeness (QED) is 0.671. The summed E-state index contributed by atoms with van der Waals surface area (Å²) in [5, 5.41) is 13.4. The minimum atomic E-state index is -0.939. The zero-order valence-electron chi connectivity index (χ0n) is 15.9. The van der Waals surface area contributed by atoms with Crippen molar-refractivity contribution in [2.45, 2.75) is 44.3 Å². The lowest BCUT2D eigenvalue weighted by Crippen LogP contribution is -2.39. The molecular formula is C23H22N2O4. The van der Waals surface area contributed by atoms with Crippen molar-refractivity contribution in [3.05, 3.63) is 70.1 Å². The molecule has 2 N–H and O–H groups in total. The maximum atomic E-state index is 12.3. The molecule has 6 heteroatoms. The largest absolute Gasteiger partial charge is 0.478 e. The van der Waals surface area contributed by atoms with Crippen LogP contribution in [0.15, 0.2) is 57.9 Å². The normalized spacial score (nSPS) is 19.2. The number of carboxylic acids is 1. The molecule has 2 aromatic carbocycles. The molecule has 5 rings (SSSR count). The van der Waals surface area contributed by atoms with Crippen molar-refractivity contribution < 1.29 is 14.3 Å². The van der Waals surface area contributed by atoms with Gasteiger partial charge >= 0.3 is 5.97 Å². The highest BCUT2D eigenvalue weighted by molar-refractivity contribution is 5.92. The third kappa shape index (κ3) is 3.05. The van der Waals surface area contributed by atoms with Crippen LogP contribution >= 0.6 is 0 Å². The van der Waals surface area contributed by atoms with Crippen LogP contribution in [-0.4, -0.2) is 17.1 Å². The Labute approximate surface area is 167 Å². The number of hydrogen-bond donors (Lipinski definition) is 2. The molecule has 0 radical (unpaired) electrons. The summed E-state index contributed by atoms with van der Waals surface area (Å²) in [4.78, 5) is 26.1. The molecule has 0 bridgehead atoms. The van der Waals surface area contributed by atoms with Gasteiger partial charge in [0, 0.05) is 12.1 Å². The van der Waals surface area contributed by atoms with Crippen molar-refractivity contribution in [2.75, 3.05) is 10.2 Å². The molecular weight excluding hydrogens is 368 g/mol. The topological polar surface area (TPSA) is 82.8 Å². The van der Waals surface area contributed by atoms with E-state index in [2.05, 4.69) is 10.2 Å². The van der Waals surface area contributed by atoms with E-state index in [4.69, 9.17) is 4.42 Å². The van der Waals surface area contributed by atoms with E-state index >= 15 is 0 Å². The van der Waals surface area contributed by atoms with Crippen LogP contribution in [-0.2, 0) is 0 Å². The number of nitrogens with zero attached hydrogens (tertiary/aromatic N) is 1. The van der Waals surface area contributed by atoms with Gasteiger partial charge in [-0.1, -0.05) is 25.3 Å². The number of hydrogen-bond acceptors (Lipinski definition) is 5. The maximum absolute atomic E-state index is 12.3. The fraction of sp³-hybridized carbons (Fsp3) is 0.304. The monoisotopic (exact) mass is 390 g/mol. The molecule has 0 amide bonds. The zero-order chi connectivity index (χ0) is 20.0. The van der Waals surface area contributed by atoms with E-state index < -0.39 is 5.97 Å². The molecule has 148 valence electrons. The summed E-state index contributed by atoms with van der Waals surface area (Å²) < 4.78 is 5.46. The van der Waals surface area contributed by atoms with Crippen LogP contribution < -0.4 is 15.6 Å². The van der Waals surface area contributed by atoms with Crippen molar-refractivity contribution in [3.8, 4) is 0 Å². The van der Waals surface area contributed by atoms with Gasteiger partial charge in [0.1, 0.15) is 11.7 Å². The first kappa shape index (κ1) is 17.8. The summed E-state index contributed by atoms with van der Waals surface area (Å²) in [6.45, 7) is 0. The van der Waals surface area contributed by atoms with E-state index in [1.54, 1.807) is 12.1 Å². The van der Waals surface area contributed by atoms with Crippen LogP contribution in [0.3, 0.4) is 0 Å². The van der Waals surface area contributed by atoms with Crippen molar-refractivity contribution in [3.63, 3.8) is 0 Å². The van der Waals surface area contributed by atoms with Gasteiger partial charge in [-0.2, -0.15) is 0 Å². The molecule has 1 unspecified atom stereocenters. The van der Waals surface area contributed by atoms with Crippen molar-refractivity contribution in [1.29, 1.82) is 0 Å². The van der Waals surface area contributed by atoms with Gasteiger partial charge in [0.25, 0.3) is 0 Å². The third-order valence-corrected chi connectivity index (χ3v) is 6.06. The average Bonchev–Trinajstić information content (AvgIpc) is 3.13. The van der Waals surface area contributed by atoms with Gasteiger partial charge in [-0.3, -0.25) is 4.79 Å². The summed E-state index contributed by atoms with van der Waals surface area (Å²) in [7, 11) is 0. The number of carboxylic acid groups (broad SMARTS) is 1. The highest BCUT2D eigenvalue weighted by atomic mass is 16.4. The minimum absolute atomic E-state index is 0.0685. The molecule has 1 aliphatic carbocycles. The summed E-state index contributed by atoms with van der Waals surface area (Å²) in [5.41, 5.74) is 3.57. The smallest absolute Gasteiger partial charge is 0.335 e. The van der Waals surface area contributed by atoms with Crippen LogP contribution in [0, 0.1) is 0 Å². The molecule has 1 fully saturated rings. The molecule has 6 nitrogen and oxygen atoms in total. The molecule has 2 aliphatic rings. The summed E-state index contributed by atoms with van der Waals surface area (Å²) in [5.74, 6) is -0.939.